The second-order valence-electron chi connectivity index (χ2n) is 9.79. The fourth-order valence-corrected chi connectivity index (χ4v) is 5.89. The summed E-state index contributed by atoms with van der Waals surface area (Å²) in [6.45, 7) is 5.10. The number of carbonyl (C=O) groups excluding carboxylic acids is 1. The fraction of sp³-hybridized carbons (Fsp3) is 0.345. The van der Waals surface area contributed by atoms with Gasteiger partial charge in [0.2, 0.25) is 0 Å². The highest BCUT2D eigenvalue weighted by molar-refractivity contribution is 7.98. The molecule has 1 amide bonds. The van der Waals surface area contributed by atoms with Crippen LogP contribution in [0.3, 0.4) is 0 Å². The van der Waals surface area contributed by atoms with E-state index in [2.05, 4.69) is 28.7 Å². The highest BCUT2D eigenvalue weighted by Gasteiger charge is 2.28. The van der Waals surface area contributed by atoms with Crippen molar-refractivity contribution in [1.29, 1.82) is 0 Å². The lowest BCUT2D eigenvalue weighted by molar-refractivity contribution is 0.0891. The Labute approximate surface area is 215 Å². The average molecular weight is 503 g/mol. The van der Waals surface area contributed by atoms with Crippen molar-refractivity contribution in [3.63, 3.8) is 0 Å². The van der Waals surface area contributed by atoms with Gasteiger partial charge in [0.15, 0.2) is 10.8 Å². The van der Waals surface area contributed by atoms with Gasteiger partial charge in [-0.3, -0.25) is 9.36 Å². The zero-order valence-electron chi connectivity index (χ0n) is 20.7. The molecule has 1 saturated carbocycles. The van der Waals surface area contributed by atoms with Gasteiger partial charge >= 0.3 is 0 Å². The predicted octanol–water partition coefficient (Wildman–Crippen LogP) is 6.47. The van der Waals surface area contributed by atoms with Crippen LogP contribution in [0.5, 0.6) is 0 Å². The molecule has 5 nitrogen and oxygen atoms in total. The molecule has 0 unspecified atom stereocenters. The van der Waals surface area contributed by atoms with Crippen molar-refractivity contribution < 1.29 is 9.18 Å². The highest BCUT2D eigenvalue weighted by Crippen LogP contribution is 2.30. The SMILES string of the molecule is C[C@H]1[C@H](C)CCC[C@H]1NC(=O)c1ccc(Cn2c(SCc3cccc(F)c3)nc3cccnc32)cc1. The van der Waals surface area contributed by atoms with E-state index in [0.29, 0.717) is 29.7 Å². The minimum absolute atomic E-state index is 0.00594. The number of benzene rings is 2. The summed E-state index contributed by atoms with van der Waals surface area (Å²) in [4.78, 5) is 22.2. The normalized spacial score (nSPS) is 19.9. The zero-order valence-corrected chi connectivity index (χ0v) is 21.5. The van der Waals surface area contributed by atoms with E-state index in [1.807, 2.05) is 42.5 Å². The van der Waals surface area contributed by atoms with Gasteiger partial charge in [0.05, 0.1) is 6.54 Å². The zero-order chi connectivity index (χ0) is 25.1. The molecule has 0 saturated heterocycles. The van der Waals surface area contributed by atoms with Crippen molar-refractivity contribution in [3.8, 4) is 0 Å². The van der Waals surface area contributed by atoms with E-state index in [-0.39, 0.29) is 17.8 Å². The first kappa shape index (κ1) is 24.5. The lowest BCUT2D eigenvalue weighted by Gasteiger charge is -2.34. The van der Waals surface area contributed by atoms with Gasteiger partial charge in [-0.2, -0.15) is 0 Å². The summed E-state index contributed by atoms with van der Waals surface area (Å²) in [6.07, 6.45) is 5.22. The third kappa shape index (κ3) is 5.46. The summed E-state index contributed by atoms with van der Waals surface area (Å²) in [5.41, 5.74) is 4.28. The van der Waals surface area contributed by atoms with E-state index < -0.39 is 0 Å². The van der Waals surface area contributed by atoms with Crippen LogP contribution in [0.2, 0.25) is 0 Å². The predicted molar refractivity (Wildman–Crippen MR) is 142 cm³/mol. The molecule has 186 valence electrons. The van der Waals surface area contributed by atoms with Crippen LogP contribution >= 0.6 is 11.8 Å². The molecule has 2 aromatic carbocycles. The molecule has 7 heteroatoms. The second kappa shape index (κ2) is 10.8. The maximum atomic E-state index is 13.6. The Balaban J connectivity index is 1.31. The topological polar surface area (TPSA) is 59.8 Å². The molecule has 5 rings (SSSR count). The molecule has 0 aliphatic heterocycles. The summed E-state index contributed by atoms with van der Waals surface area (Å²) in [6, 6.07) is 18.5. The number of hydrogen-bond acceptors (Lipinski definition) is 4. The van der Waals surface area contributed by atoms with Crippen molar-refractivity contribution in [2.24, 2.45) is 11.8 Å². The Morgan fingerprint density at radius 2 is 1.92 bits per heavy atom. The third-order valence-corrected chi connectivity index (χ3v) is 8.35. The quantitative estimate of drug-likeness (QED) is 0.295. The Hall–Kier alpha value is -3.19. The standard InChI is InChI=1S/C29H31FN4OS/c1-19-6-3-9-25(20(19)2)32-28(35)23-13-11-21(12-14-23)17-34-27-26(10-5-15-31-27)33-29(34)36-18-22-7-4-8-24(30)16-22/h4-5,7-8,10-16,19-20,25H,3,6,9,17-18H2,1-2H3,(H,32,35)/t19-,20+,25-/m1/s1. The number of nitrogens with one attached hydrogen (secondary N) is 1. The van der Waals surface area contributed by atoms with Crippen molar-refractivity contribution >= 4 is 28.8 Å². The highest BCUT2D eigenvalue weighted by atomic mass is 32.2. The molecule has 1 aliphatic rings. The van der Waals surface area contributed by atoms with Gasteiger partial charge in [-0.05, 0) is 65.8 Å². The lowest BCUT2D eigenvalue weighted by Crippen LogP contribution is -2.43. The largest absolute Gasteiger partial charge is 0.349 e. The Morgan fingerprint density at radius 3 is 2.72 bits per heavy atom. The first-order chi connectivity index (χ1) is 17.5. The van der Waals surface area contributed by atoms with Crippen molar-refractivity contribution in [1.82, 2.24) is 19.9 Å². The number of hydrogen-bond donors (Lipinski definition) is 1. The van der Waals surface area contributed by atoms with E-state index in [4.69, 9.17) is 4.98 Å². The summed E-state index contributed by atoms with van der Waals surface area (Å²) >= 11 is 1.56. The number of thioether (sulfide) groups is 1. The molecular formula is C29H31FN4OS. The number of rotatable bonds is 7. The number of carbonyl (C=O) groups is 1. The number of amides is 1. The van der Waals surface area contributed by atoms with Crippen LogP contribution in [0.25, 0.3) is 11.2 Å². The van der Waals surface area contributed by atoms with Crippen LogP contribution in [0.1, 0.15) is 54.6 Å². The van der Waals surface area contributed by atoms with Crippen LogP contribution in [0.4, 0.5) is 4.39 Å². The van der Waals surface area contributed by atoms with Crippen LogP contribution in [-0.4, -0.2) is 26.5 Å². The summed E-state index contributed by atoms with van der Waals surface area (Å²) in [5.74, 6) is 1.50. The van der Waals surface area contributed by atoms with Crippen molar-refractivity contribution in [2.75, 3.05) is 0 Å². The van der Waals surface area contributed by atoms with Gasteiger partial charge in [0.25, 0.3) is 5.91 Å². The first-order valence-electron chi connectivity index (χ1n) is 12.6. The van der Waals surface area contributed by atoms with Crippen molar-refractivity contribution in [3.05, 3.63) is 89.4 Å². The molecule has 2 heterocycles. The van der Waals surface area contributed by atoms with Crippen LogP contribution in [0.15, 0.2) is 72.0 Å². The van der Waals surface area contributed by atoms with Gasteiger partial charge in [0.1, 0.15) is 11.3 Å². The molecule has 4 aromatic rings. The minimum atomic E-state index is -0.236. The molecule has 1 N–H and O–H groups in total. The number of imidazole rings is 1. The molecule has 3 atom stereocenters. The van der Waals surface area contributed by atoms with Gasteiger partial charge in [0, 0.05) is 23.6 Å². The summed E-state index contributed by atoms with van der Waals surface area (Å²) in [7, 11) is 0. The third-order valence-electron chi connectivity index (χ3n) is 7.31. The molecule has 0 spiro atoms. The fourth-order valence-electron chi connectivity index (χ4n) is 4.95. The lowest BCUT2D eigenvalue weighted by atomic mass is 9.78. The van der Waals surface area contributed by atoms with Crippen LogP contribution < -0.4 is 5.32 Å². The summed E-state index contributed by atoms with van der Waals surface area (Å²) in [5, 5.41) is 4.08. The Bertz CT molecular complexity index is 1350. The molecule has 1 aliphatic carbocycles. The minimum Gasteiger partial charge on any atom is -0.349 e. The van der Waals surface area contributed by atoms with Gasteiger partial charge in [-0.25, -0.2) is 14.4 Å². The molecule has 1 fully saturated rings. The number of nitrogens with zero attached hydrogens (tertiary/aromatic N) is 3. The van der Waals surface area contributed by atoms with E-state index in [9.17, 15) is 9.18 Å². The smallest absolute Gasteiger partial charge is 0.251 e. The van der Waals surface area contributed by atoms with Crippen LogP contribution in [0, 0.1) is 17.7 Å². The summed E-state index contributed by atoms with van der Waals surface area (Å²) < 4.78 is 15.7. The number of halogens is 1. The first-order valence-corrected chi connectivity index (χ1v) is 13.5. The number of pyridine rings is 1. The van der Waals surface area contributed by atoms with E-state index in [1.54, 1.807) is 30.1 Å². The maximum Gasteiger partial charge on any atom is 0.251 e. The van der Waals surface area contributed by atoms with E-state index >= 15 is 0 Å². The molecule has 0 bridgehead atoms. The van der Waals surface area contributed by atoms with Crippen molar-refractivity contribution in [2.45, 2.75) is 56.6 Å². The van der Waals surface area contributed by atoms with Gasteiger partial charge < -0.3 is 5.32 Å². The van der Waals surface area contributed by atoms with E-state index in [0.717, 1.165) is 33.9 Å². The monoisotopic (exact) mass is 502 g/mol. The Morgan fingerprint density at radius 1 is 1.08 bits per heavy atom. The maximum absolute atomic E-state index is 13.6. The number of aromatic nitrogens is 3. The molecular weight excluding hydrogens is 471 g/mol. The van der Waals surface area contributed by atoms with Gasteiger partial charge in [-0.1, -0.05) is 62.7 Å². The average Bonchev–Trinajstić information content (AvgIpc) is 3.23. The second-order valence-corrected chi connectivity index (χ2v) is 10.7. The molecule has 36 heavy (non-hydrogen) atoms. The molecule has 2 aromatic heterocycles. The molecule has 0 radical (unpaired) electrons. The van der Waals surface area contributed by atoms with E-state index in [1.165, 1.54) is 18.9 Å². The number of fused-ring (bicyclic) bond motifs is 1. The van der Waals surface area contributed by atoms with Crippen LogP contribution in [-0.2, 0) is 12.3 Å². The Kier molecular flexibility index (Phi) is 7.37. The van der Waals surface area contributed by atoms with Gasteiger partial charge in [-0.15, -0.1) is 0 Å².